The predicted octanol–water partition coefficient (Wildman–Crippen LogP) is 7.59. The lowest BCUT2D eigenvalue weighted by Crippen LogP contribution is -2.54. The van der Waals surface area contributed by atoms with Crippen LogP contribution in [0, 0.1) is 21.4 Å². The molecule has 0 unspecified atom stereocenters. The number of rotatable bonds is 11. The zero-order chi connectivity index (χ0) is 36.5. The number of nitrogens with zero attached hydrogens (tertiary/aromatic N) is 3. The van der Waals surface area contributed by atoms with Crippen LogP contribution in [-0.2, 0) is 14.8 Å². The van der Waals surface area contributed by atoms with E-state index in [9.17, 15) is 23.3 Å². The van der Waals surface area contributed by atoms with Gasteiger partial charge in [0.05, 0.1) is 9.82 Å². The molecule has 1 spiro atoms. The van der Waals surface area contributed by atoms with Crippen molar-refractivity contribution in [3.63, 3.8) is 0 Å². The number of amides is 1. The summed E-state index contributed by atoms with van der Waals surface area (Å²) in [6, 6.07) is 20.5. The van der Waals surface area contributed by atoms with Crippen LogP contribution in [0.4, 0.5) is 17.1 Å². The van der Waals surface area contributed by atoms with Crippen LogP contribution in [0.5, 0.6) is 0 Å². The van der Waals surface area contributed by atoms with Crippen molar-refractivity contribution in [1.82, 2.24) is 9.62 Å². The molecule has 4 fully saturated rings. The van der Waals surface area contributed by atoms with Crippen molar-refractivity contribution in [1.29, 1.82) is 0 Å². The molecular formula is C40H50ClN5O6S. The van der Waals surface area contributed by atoms with E-state index in [4.69, 9.17) is 4.74 Å². The molecule has 0 bridgehead atoms. The van der Waals surface area contributed by atoms with Crippen molar-refractivity contribution in [2.75, 3.05) is 49.6 Å². The Morgan fingerprint density at radius 3 is 2.38 bits per heavy atom. The highest BCUT2D eigenvalue weighted by atomic mass is 35.5. The van der Waals surface area contributed by atoms with Gasteiger partial charge in [0, 0.05) is 62.2 Å². The molecule has 3 aromatic rings. The SMILES string of the molecule is C=C(C)c1ccccc1[C@@H]1CCCN1C1CC2(CCN(c3ccc(C(=O)NS(=O)(=O)c4ccc(NCC5CCOCC5)c([N+](=O)[O-])c4)cc3)CC2)C1.Cl. The molecule has 4 aliphatic rings. The summed E-state index contributed by atoms with van der Waals surface area (Å²) >= 11 is 0. The van der Waals surface area contributed by atoms with E-state index in [2.05, 4.69) is 57.6 Å². The number of nitro benzene ring substituents is 1. The Kier molecular flexibility index (Phi) is 11.8. The molecule has 0 aromatic heterocycles. The molecule has 0 radical (unpaired) electrons. The van der Waals surface area contributed by atoms with E-state index in [-0.39, 0.29) is 34.2 Å². The normalized spacial score (nSPS) is 20.7. The van der Waals surface area contributed by atoms with E-state index in [1.807, 2.05) is 12.1 Å². The van der Waals surface area contributed by atoms with Gasteiger partial charge in [-0.05, 0) is 124 Å². The van der Waals surface area contributed by atoms with E-state index in [0.717, 1.165) is 62.6 Å². The monoisotopic (exact) mass is 763 g/mol. The van der Waals surface area contributed by atoms with Crippen LogP contribution in [0.15, 0.2) is 78.2 Å². The van der Waals surface area contributed by atoms with E-state index in [1.54, 1.807) is 12.1 Å². The first-order valence-electron chi connectivity index (χ1n) is 18.5. The first-order chi connectivity index (χ1) is 25.0. The van der Waals surface area contributed by atoms with Crippen LogP contribution in [0.1, 0.15) is 85.8 Å². The number of carbonyl (C=O) groups is 1. The summed E-state index contributed by atoms with van der Waals surface area (Å²) in [5.41, 5.74) is 5.28. The van der Waals surface area contributed by atoms with E-state index < -0.39 is 20.9 Å². The van der Waals surface area contributed by atoms with Gasteiger partial charge in [0.1, 0.15) is 5.69 Å². The molecule has 7 rings (SSSR count). The summed E-state index contributed by atoms with van der Waals surface area (Å²) in [6.07, 6.45) is 8.86. The van der Waals surface area contributed by atoms with Crippen LogP contribution in [0.25, 0.3) is 5.57 Å². The minimum absolute atomic E-state index is 0. The highest BCUT2D eigenvalue weighted by Gasteiger charge is 2.50. The summed E-state index contributed by atoms with van der Waals surface area (Å²) in [7, 11) is -4.36. The minimum atomic E-state index is -4.36. The molecule has 1 amide bonds. The lowest BCUT2D eigenvalue weighted by Gasteiger charge is -2.56. The van der Waals surface area contributed by atoms with Gasteiger partial charge in [-0.25, -0.2) is 13.1 Å². The van der Waals surface area contributed by atoms with Crippen LogP contribution < -0.4 is 14.9 Å². The molecule has 3 heterocycles. The average molecular weight is 764 g/mol. The summed E-state index contributed by atoms with van der Waals surface area (Å²) < 4.78 is 33.8. The van der Waals surface area contributed by atoms with E-state index in [1.165, 1.54) is 48.9 Å². The van der Waals surface area contributed by atoms with Gasteiger partial charge in [-0.3, -0.25) is 19.8 Å². The molecule has 3 saturated heterocycles. The number of nitro groups is 1. The Labute approximate surface area is 318 Å². The topological polar surface area (TPSA) is 134 Å². The standard InChI is InChI=1S/C40H49N5O6S.ClH/c1-28(2)34-6-3-4-7-35(34)37-8-5-19-44(37)32-25-40(26-32)17-20-43(21-18-40)31-11-9-30(10-12-31)39(46)42-52(49,50)33-13-14-36(38(24-33)45(47)48)41-27-29-15-22-51-23-16-29;/h3-4,6-7,9-14,24,29,32,37,41H,1,5,8,15-23,25-27H2,2H3,(H,42,46);1H/t37-;/m0./s1. The summed E-state index contributed by atoms with van der Waals surface area (Å²) in [6.45, 7) is 11.2. The maximum Gasteiger partial charge on any atom is 0.293 e. The number of hydrogen-bond donors (Lipinski definition) is 2. The number of likely N-dealkylation sites (tertiary alicyclic amines) is 1. The number of anilines is 2. The molecule has 53 heavy (non-hydrogen) atoms. The van der Waals surface area contributed by atoms with Crippen molar-refractivity contribution in [3.05, 3.63) is 100 Å². The molecule has 1 atom stereocenters. The molecule has 11 nitrogen and oxygen atoms in total. The average Bonchev–Trinajstić information content (AvgIpc) is 3.63. The molecule has 3 aliphatic heterocycles. The summed E-state index contributed by atoms with van der Waals surface area (Å²) in [4.78, 5) is 29.0. The van der Waals surface area contributed by atoms with Crippen molar-refractivity contribution in [3.8, 4) is 0 Å². The quantitative estimate of drug-likeness (QED) is 0.150. The van der Waals surface area contributed by atoms with E-state index in [0.29, 0.717) is 43.2 Å². The number of ether oxygens (including phenoxy) is 1. The number of nitrogens with one attached hydrogen (secondary N) is 2. The second kappa shape index (κ2) is 16.2. The summed E-state index contributed by atoms with van der Waals surface area (Å²) in [5.74, 6) is -0.477. The maximum absolute atomic E-state index is 13.2. The van der Waals surface area contributed by atoms with Crippen LogP contribution in [0.3, 0.4) is 0 Å². The van der Waals surface area contributed by atoms with Gasteiger partial charge in [0.2, 0.25) is 0 Å². The first kappa shape index (κ1) is 38.7. The highest BCUT2D eigenvalue weighted by Crippen LogP contribution is 2.54. The van der Waals surface area contributed by atoms with Gasteiger partial charge in [-0.2, -0.15) is 0 Å². The second-order valence-electron chi connectivity index (χ2n) is 15.2. The van der Waals surface area contributed by atoms with Gasteiger partial charge < -0.3 is 15.0 Å². The van der Waals surface area contributed by atoms with Crippen LogP contribution >= 0.6 is 12.4 Å². The van der Waals surface area contributed by atoms with Gasteiger partial charge in [0.15, 0.2) is 0 Å². The molecule has 3 aromatic carbocycles. The number of halogens is 1. The molecule has 284 valence electrons. The Bertz CT molecular complexity index is 1920. The lowest BCUT2D eigenvalue weighted by atomic mass is 9.59. The Morgan fingerprint density at radius 1 is 1.00 bits per heavy atom. The van der Waals surface area contributed by atoms with E-state index >= 15 is 0 Å². The molecule has 1 aliphatic carbocycles. The van der Waals surface area contributed by atoms with Crippen molar-refractivity contribution in [2.45, 2.75) is 75.3 Å². The number of piperidine rings is 1. The molecule has 13 heteroatoms. The fourth-order valence-corrected chi connectivity index (χ4v) is 9.80. The zero-order valence-electron chi connectivity index (χ0n) is 30.3. The fourth-order valence-electron chi connectivity index (χ4n) is 8.81. The molecular weight excluding hydrogens is 714 g/mol. The molecule has 2 N–H and O–H groups in total. The number of sulfonamides is 1. The Morgan fingerprint density at radius 2 is 1.70 bits per heavy atom. The minimum Gasteiger partial charge on any atom is -0.381 e. The Hall–Kier alpha value is -3.97. The smallest absolute Gasteiger partial charge is 0.293 e. The maximum atomic E-state index is 13.2. The third-order valence-electron chi connectivity index (χ3n) is 11.8. The van der Waals surface area contributed by atoms with Crippen molar-refractivity contribution in [2.24, 2.45) is 11.3 Å². The highest BCUT2D eigenvalue weighted by molar-refractivity contribution is 7.90. The fraction of sp³-hybridized carbons (Fsp3) is 0.475. The lowest BCUT2D eigenvalue weighted by molar-refractivity contribution is -0.384. The number of carbonyl (C=O) groups excluding carboxylic acids is 1. The van der Waals surface area contributed by atoms with Crippen molar-refractivity contribution < 1.29 is 22.9 Å². The third-order valence-corrected chi connectivity index (χ3v) is 13.2. The predicted molar refractivity (Wildman–Crippen MR) is 210 cm³/mol. The second-order valence-corrected chi connectivity index (χ2v) is 16.8. The van der Waals surface area contributed by atoms with Crippen LogP contribution in [-0.4, -0.2) is 69.6 Å². The zero-order valence-corrected chi connectivity index (χ0v) is 31.9. The van der Waals surface area contributed by atoms with Crippen LogP contribution in [0.2, 0.25) is 0 Å². The first-order valence-corrected chi connectivity index (χ1v) is 20.0. The van der Waals surface area contributed by atoms with Gasteiger partial charge in [-0.15, -0.1) is 12.4 Å². The Balaban J connectivity index is 0.00000481. The van der Waals surface area contributed by atoms with Gasteiger partial charge >= 0.3 is 0 Å². The number of allylic oxidation sites excluding steroid dienone is 1. The largest absolute Gasteiger partial charge is 0.381 e. The number of hydrogen-bond acceptors (Lipinski definition) is 9. The number of benzene rings is 3. The molecule has 1 saturated carbocycles. The summed E-state index contributed by atoms with van der Waals surface area (Å²) in [5, 5.41) is 14.9. The van der Waals surface area contributed by atoms with Gasteiger partial charge in [0.25, 0.3) is 21.6 Å². The third kappa shape index (κ3) is 8.41. The van der Waals surface area contributed by atoms with Crippen molar-refractivity contribution >= 4 is 51.0 Å². The van der Waals surface area contributed by atoms with Gasteiger partial charge in [-0.1, -0.05) is 36.4 Å².